The summed E-state index contributed by atoms with van der Waals surface area (Å²) in [5, 5.41) is 7.49. The molecule has 96 valence electrons. The number of fused-ring (bicyclic) bond motifs is 1. The topological polar surface area (TPSA) is 55.1 Å². The monoisotopic (exact) mass is 245 g/mol. The summed E-state index contributed by atoms with van der Waals surface area (Å²) in [5.41, 5.74) is 2.11. The van der Waals surface area contributed by atoms with Gasteiger partial charge in [-0.25, -0.2) is 4.98 Å². The highest BCUT2D eigenvalue weighted by molar-refractivity contribution is 5.41. The first-order valence-corrected chi connectivity index (χ1v) is 5.98. The van der Waals surface area contributed by atoms with Crippen molar-refractivity contribution in [2.75, 3.05) is 5.32 Å². The maximum Gasteiger partial charge on any atom is 0.254 e. The van der Waals surface area contributed by atoms with Crippen molar-refractivity contribution < 1.29 is 0 Å². The van der Waals surface area contributed by atoms with Crippen molar-refractivity contribution >= 4 is 11.7 Å². The van der Waals surface area contributed by atoms with Gasteiger partial charge in [0.05, 0.1) is 0 Å². The molecule has 0 amide bonds. The van der Waals surface area contributed by atoms with Crippen LogP contribution in [0.3, 0.4) is 0 Å². The second-order valence-corrected chi connectivity index (χ2v) is 5.70. The molecule has 0 unspecified atom stereocenters. The summed E-state index contributed by atoms with van der Waals surface area (Å²) in [5.74, 6) is 1.15. The molecule has 0 fully saturated rings. The average molecular weight is 245 g/mol. The predicted octanol–water partition coefficient (Wildman–Crippen LogP) is 2.79. The summed E-state index contributed by atoms with van der Waals surface area (Å²) < 4.78 is 1.71. The quantitative estimate of drug-likeness (QED) is 0.903. The van der Waals surface area contributed by atoms with E-state index in [2.05, 4.69) is 47.7 Å². The zero-order valence-corrected chi connectivity index (χ0v) is 11.4. The van der Waals surface area contributed by atoms with Crippen LogP contribution in [-0.2, 0) is 0 Å². The fourth-order valence-corrected chi connectivity index (χ4v) is 1.80. The molecule has 2 aromatic rings. The van der Waals surface area contributed by atoms with Crippen LogP contribution in [0.1, 0.15) is 32.9 Å². The van der Waals surface area contributed by atoms with Gasteiger partial charge in [-0.3, -0.25) is 0 Å². The minimum absolute atomic E-state index is 0.192. The molecule has 5 heteroatoms. The van der Waals surface area contributed by atoms with Gasteiger partial charge in [-0.1, -0.05) is 27.4 Å². The highest BCUT2D eigenvalue weighted by atomic mass is 15.4. The van der Waals surface area contributed by atoms with Gasteiger partial charge in [0.25, 0.3) is 5.78 Å². The Morgan fingerprint density at radius 1 is 1.44 bits per heavy atom. The molecule has 0 aliphatic rings. The maximum atomic E-state index is 4.35. The van der Waals surface area contributed by atoms with Crippen LogP contribution in [0.4, 0.5) is 5.95 Å². The summed E-state index contributed by atoms with van der Waals surface area (Å²) in [6, 6.07) is 1.90. The van der Waals surface area contributed by atoms with Crippen LogP contribution in [0, 0.1) is 12.3 Å². The number of nitrogens with one attached hydrogen (secondary N) is 1. The Hall–Kier alpha value is -1.91. The molecule has 1 N–H and O–H groups in total. The Morgan fingerprint density at radius 3 is 2.78 bits per heavy atom. The highest BCUT2D eigenvalue weighted by Crippen LogP contribution is 2.23. The minimum Gasteiger partial charge on any atom is -0.327 e. The zero-order chi connectivity index (χ0) is 13.3. The minimum atomic E-state index is 0.192. The smallest absolute Gasteiger partial charge is 0.254 e. The first kappa shape index (κ1) is 12.5. The van der Waals surface area contributed by atoms with Crippen LogP contribution < -0.4 is 5.32 Å². The molecule has 0 radical (unpaired) electrons. The van der Waals surface area contributed by atoms with Gasteiger partial charge in [0.1, 0.15) is 0 Å². The van der Waals surface area contributed by atoms with Crippen molar-refractivity contribution in [1.82, 2.24) is 19.6 Å². The molecule has 18 heavy (non-hydrogen) atoms. The summed E-state index contributed by atoms with van der Waals surface area (Å²) in [6.07, 6.45) is 2.60. The molecule has 2 heterocycles. The van der Waals surface area contributed by atoms with E-state index >= 15 is 0 Å². The van der Waals surface area contributed by atoms with Gasteiger partial charge in [-0.2, -0.15) is 9.50 Å². The summed E-state index contributed by atoms with van der Waals surface area (Å²) in [4.78, 5) is 8.48. The number of hydrogen-bond donors (Lipinski definition) is 1. The van der Waals surface area contributed by atoms with Crippen molar-refractivity contribution in [3.63, 3.8) is 0 Å². The second-order valence-electron chi connectivity index (χ2n) is 5.70. The summed E-state index contributed by atoms with van der Waals surface area (Å²) in [7, 11) is 0. The molecular weight excluding hydrogens is 226 g/mol. The van der Waals surface area contributed by atoms with Crippen LogP contribution in [0.15, 0.2) is 24.5 Å². The molecule has 0 spiro atoms. The number of allylic oxidation sites excluding steroid dienone is 1. The van der Waals surface area contributed by atoms with E-state index in [9.17, 15) is 0 Å². The molecule has 0 atom stereocenters. The van der Waals surface area contributed by atoms with Crippen molar-refractivity contribution in [3.05, 3.63) is 30.2 Å². The van der Waals surface area contributed by atoms with Crippen molar-refractivity contribution in [1.29, 1.82) is 0 Å². The number of aromatic nitrogens is 4. The summed E-state index contributed by atoms with van der Waals surface area (Å²) >= 11 is 0. The Bertz CT molecular complexity index is 577. The van der Waals surface area contributed by atoms with Crippen LogP contribution in [-0.4, -0.2) is 19.6 Å². The van der Waals surface area contributed by atoms with Gasteiger partial charge < -0.3 is 5.32 Å². The number of rotatable bonds is 3. The third kappa shape index (κ3) is 2.85. The number of hydrogen-bond acceptors (Lipinski definition) is 4. The van der Waals surface area contributed by atoms with Crippen molar-refractivity contribution in [2.45, 2.75) is 34.1 Å². The Labute approximate surface area is 107 Å². The first-order valence-electron chi connectivity index (χ1n) is 5.98. The van der Waals surface area contributed by atoms with Gasteiger partial charge in [-0.05, 0) is 24.8 Å². The second kappa shape index (κ2) is 4.40. The Kier molecular flexibility index (Phi) is 3.07. The SMILES string of the molecule is C=C(CC(C)(C)C)Nc1nc2nccc(C)n2n1. The zero-order valence-electron chi connectivity index (χ0n) is 11.4. The lowest BCUT2D eigenvalue weighted by atomic mass is 9.91. The molecule has 5 nitrogen and oxygen atoms in total. The largest absolute Gasteiger partial charge is 0.327 e. The van der Waals surface area contributed by atoms with Gasteiger partial charge in [0, 0.05) is 17.6 Å². The third-order valence-electron chi connectivity index (χ3n) is 2.46. The van der Waals surface area contributed by atoms with E-state index in [-0.39, 0.29) is 5.41 Å². The van der Waals surface area contributed by atoms with Gasteiger partial charge in [0.2, 0.25) is 5.95 Å². The van der Waals surface area contributed by atoms with E-state index in [0.29, 0.717) is 11.7 Å². The van der Waals surface area contributed by atoms with Crippen LogP contribution in [0.2, 0.25) is 0 Å². The molecule has 0 aliphatic heterocycles. The van der Waals surface area contributed by atoms with Gasteiger partial charge in [0.15, 0.2) is 0 Å². The van der Waals surface area contributed by atoms with E-state index in [4.69, 9.17) is 0 Å². The lowest BCUT2D eigenvalue weighted by Gasteiger charge is -2.19. The molecule has 0 bridgehead atoms. The fraction of sp³-hybridized carbons (Fsp3) is 0.462. The molecule has 0 aromatic carbocycles. The maximum absolute atomic E-state index is 4.35. The third-order valence-corrected chi connectivity index (χ3v) is 2.46. The van der Waals surface area contributed by atoms with Gasteiger partial charge in [-0.15, -0.1) is 5.10 Å². The van der Waals surface area contributed by atoms with Crippen LogP contribution >= 0.6 is 0 Å². The van der Waals surface area contributed by atoms with Crippen molar-refractivity contribution in [3.8, 4) is 0 Å². The first-order chi connectivity index (χ1) is 8.35. The Balaban J connectivity index is 2.18. The Morgan fingerprint density at radius 2 is 2.17 bits per heavy atom. The molecule has 2 aromatic heterocycles. The molecule has 0 aliphatic carbocycles. The molecule has 0 saturated heterocycles. The van der Waals surface area contributed by atoms with E-state index in [1.54, 1.807) is 10.7 Å². The van der Waals surface area contributed by atoms with E-state index in [0.717, 1.165) is 17.8 Å². The number of aryl methyl sites for hydroxylation is 1. The van der Waals surface area contributed by atoms with Crippen LogP contribution in [0.5, 0.6) is 0 Å². The number of anilines is 1. The lowest BCUT2D eigenvalue weighted by Crippen LogP contribution is -2.11. The van der Waals surface area contributed by atoms with Crippen LogP contribution in [0.25, 0.3) is 5.78 Å². The fourth-order valence-electron chi connectivity index (χ4n) is 1.80. The van der Waals surface area contributed by atoms with E-state index in [1.807, 2.05) is 13.0 Å². The van der Waals surface area contributed by atoms with E-state index < -0.39 is 0 Å². The normalized spacial score (nSPS) is 11.8. The van der Waals surface area contributed by atoms with Crippen molar-refractivity contribution in [2.24, 2.45) is 5.41 Å². The predicted molar refractivity (Wildman–Crippen MR) is 72.4 cm³/mol. The highest BCUT2D eigenvalue weighted by Gasteiger charge is 2.13. The molecule has 0 saturated carbocycles. The van der Waals surface area contributed by atoms with Gasteiger partial charge >= 0.3 is 0 Å². The number of nitrogens with zero attached hydrogens (tertiary/aromatic N) is 4. The standard InChI is InChI=1S/C13H19N5/c1-9(8-13(3,4)5)15-11-16-12-14-7-6-10(2)18(12)17-11/h6-7H,1,8H2,2-5H3,(H,15,17). The average Bonchev–Trinajstić information content (AvgIpc) is 2.58. The van der Waals surface area contributed by atoms with E-state index in [1.165, 1.54) is 0 Å². The lowest BCUT2D eigenvalue weighted by molar-refractivity contribution is 0.411. The molecule has 2 rings (SSSR count). The molecular formula is C13H19N5. The summed E-state index contributed by atoms with van der Waals surface area (Å²) in [6.45, 7) is 12.5.